The number of anilines is 2. The Morgan fingerprint density at radius 2 is 1.79 bits per heavy atom. The van der Waals surface area contributed by atoms with Crippen LogP contribution in [0.3, 0.4) is 0 Å². The van der Waals surface area contributed by atoms with Crippen molar-refractivity contribution in [2.75, 3.05) is 11.1 Å². The molecule has 0 fully saturated rings. The van der Waals surface area contributed by atoms with Crippen molar-refractivity contribution in [3.63, 3.8) is 0 Å². The van der Waals surface area contributed by atoms with Crippen molar-refractivity contribution in [3.8, 4) is 0 Å². The van der Waals surface area contributed by atoms with Crippen LogP contribution in [0.2, 0.25) is 0 Å². The van der Waals surface area contributed by atoms with Gasteiger partial charge in [-0.3, -0.25) is 4.79 Å². The van der Waals surface area contributed by atoms with Gasteiger partial charge in [-0.05, 0) is 35.9 Å². The topological polar surface area (TPSA) is 55.1 Å². The van der Waals surface area contributed by atoms with Gasteiger partial charge in [-0.2, -0.15) is 0 Å². The fourth-order valence-electron chi connectivity index (χ4n) is 1.52. The van der Waals surface area contributed by atoms with Crippen molar-refractivity contribution in [1.82, 2.24) is 0 Å². The number of amides is 1. The van der Waals surface area contributed by atoms with Crippen molar-refractivity contribution < 1.29 is 9.18 Å². The fraction of sp³-hybridized carbons (Fsp3) is 0. The summed E-state index contributed by atoms with van der Waals surface area (Å²) in [5, 5.41) is 2.47. The summed E-state index contributed by atoms with van der Waals surface area (Å²) in [4.78, 5) is 11.6. The van der Waals surface area contributed by atoms with E-state index in [-0.39, 0.29) is 11.6 Å². The standard InChI is InChI=1S/C15H13FN2O/c16-13-3-1-2-4-14(13)18-15(19)10-7-11-5-8-12(17)9-6-11/h1-10H,17H2,(H,18,19)/b10-7+. The molecule has 0 bridgehead atoms. The van der Waals surface area contributed by atoms with Crippen molar-refractivity contribution in [1.29, 1.82) is 0 Å². The summed E-state index contributed by atoms with van der Waals surface area (Å²) < 4.78 is 13.3. The third kappa shape index (κ3) is 3.67. The molecule has 0 saturated carbocycles. The molecule has 0 spiro atoms. The van der Waals surface area contributed by atoms with Crippen molar-refractivity contribution in [3.05, 3.63) is 66.0 Å². The third-order valence-electron chi connectivity index (χ3n) is 2.50. The first-order valence-corrected chi connectivity index (χ1v) is 5.74. The summed E-state index contributed by atoms with van der Waals surface area (Å²) in [5.41, 5.74) is 7.22. The van der Waals surface area contributed by atoms with Gasteiger partial charge in [0, 0.05) is 11.8 Å². The first-order chi connectivity index (χ1) is 9.15. The monoisotopic (exact) mass is 256 g/mol. The van der Waals surface area contributed by atoms with Crippen LogP contribution in [0.1, 0.15) is 5.56 Å². The van der Waals surface area contributed by atoms with Crippen molar-refractivity contribution in [2.45, 2.75) is 0 Å². The molecule has 2 aromatic rings. The van der Waals surface area contributed by atoms with Gasteiger partial charge in [-0.25, -0.2) is 4.39 Å². The molecular formula is C15H13FN2O. The number of carbonyl (C=O) groups is 1. The Morgan fingerprint density at radius 1 is 1.11 bits per heavy atom. The Bertz CT molecular complexity index is 606. The number of hydrogen-bond donors (Lipinski definition) is 2. The highest BCUT2D eigenvalue weighted by Crippen LogP contribution is 2.12. The average Bonchev–Trinajstić information content (AvgIpc) is 2.41. The van der Waals surface area contributed by atoms with Gasteiger partial charge in [0.05, 0.1) is 5.69 Å². The van der Waals surface area contributed by atoms with E-state index < -0.39 is 5.82 Å². The van der Waals surface area contributed by atoms with Gasteiger partial charge in [0.1, 0.15) is 5.82 Å². The maximum absolute atomic E-state index is 13.3. The highest BCUT2D eigenvalue weighted by molar-refractivity contribution is 6.01. The number of nitrogens with one attached hydrogen (secondary N) is 1. The molecule has 0 unspecified atom stereocenters. The molecule has 0 aliphatic rings. The summed E-state index contributed by atoms with van der Waals surface area (Å²) in [7, 11) is 0. The molecule has 3 nitrogen and oxygen atoms in total. The van der Waals surface area contributed by atoms with Gasteiger partial charge in [0.25, 0.3) is 0 Å². The van der Waals surface area contributed by atoms with E-state index in [1.54, 1.807) is 42.5 Å². The van der Waals surface area contributed by atoms with Crippen LogP contribution in [-0.4, -0.2) is 5.91 Å². The third-order valence-corrected chi connectivity index (χ3v) is 2.50. The second-order valence-electron chi connectivity index (χ2n) is 3.97. The van der Waals surface area contributed by atoms with Gasteiger partial charge < -0.3 is 11.1 Å². The first-order valence-electron chi connectivity index (χ1n) is 5.74. The Hall–Kier alpha value is -2.62. The number of carbonyl (C=O) groups excluding carboxylic acids is 1. The molecule has 0 saturated heterocycles. The average molecular weight is 256 g/mol. The molecule has 3 N–H and O–H groups in total. The lowest BCUT2D eigenvalue weighted by atomic mass is 10.2. The summed E-state index contributed by atoms with van der Waals surface area (Å²) in [6, 6.07) is 13.1. The van der Waals surface area contributed by atoms with E-state index in [2.05, 4.69) is 5.32 Å². The molecule has 4 heteroatoms. The number of hydrogen-bond acceptors (Lipinski definition) is 2. The fourth-order valence-corrected chi connectivity index (χ4v) is 1.52. The van der Waals surface area contributed by atoms with Crippen LogP contribution >= 0.6 is 0 Å². The predicted molar refractivity (Wildman–Crippen MR) is 74.9 cm³/mol. The van der Waals surface area contributed by atoms with E-state index in [9.17, 15) is 9.18 Å². The van der Waals surface area contributed by atoms with Gasteiger partial charge in [-0.1, -0.05) is 24.3 Å². The van der Waals surface area contributed by atoms with E-state index in [0.717, 1.165) is 5.56 Å². The number of nitrogens with two attached hydrogens (primary N) is 1. The first kappa shape index (κ1) is 12.8. The lowest BCUT2D eigenvalue weighted by Gasteiger charge is -2.02. The summed E-state index contributed by atoms with van der Waals surface area (Å²) in [5.74, 6) is -0.848. The summed E-state index contributed by atoms with van der Waals surface area (Å²) in [6.07, 6.45) is 2.98. The predicted octanol–water partition coefficient (Wildman–Crippen LogP) is 3.06. The maximum Gasteiger partial charge on any atom is 0.248 e. The zero-order valence-electron chi connectivity index (χ0n) is 10.1. The molecule has 0 aliphatic carbocycles. The van der Waals surface area contributed by atoms with E-state index in [0.29, 0.717) is 5.69 Å². The molecule has 2 aromatic carbocycles. The molecule has 19 heavy (non-hydrogen) atoms. The summed E-state index contributed by atoms with van der Waals surface area (Å²) in [6.45, 7) is 0. The molecule has 0 atom stereocenters. The zero-order valence-corrected chi connectivity index (χ0v) is 10.1. The van der Waals surface area contributed by atoms with Crippen LogP contribution in [0.25, 0.3) is 6.08 Å². The smallest absolute Gasteiger partial charge is 0.248 e. The van der Waals surface area contributed by atoms with Crippen LogP contribution in [0.5, 0.6) is 0 Å². The number of benzene rings is 2. The molecule has 1 amide bonds. The van der Waals surface area contributed by atoms with Gasteiger partial charge >= 0.3 is 0 Å². The SMILES string of the molecule is Nc1ccc(/C=C/C(=O)Nc2ccccc2F)cc1. The minimum absolute atomic E-state index is 0.162. The minimum Gasteiger partial charge on any atom is -0.399 e. The van der Waals surface area contributed by atoms with Gasteiger partial charge in [0.15, 0.2) is 0 Å². The quantitative estimate of drug-likeness (QED) is 0.655. The molecule has 0 aliphatic heterocycles. The van der Waals surface area contributed by atoms with Crippen molar-refractivity contribution >= 4 is 23.4 Å². The van der Waals surface area contributed by atoms with Crippen LogP contribution in [0.15, 0.2) is 54.6 Å². The van der Waals surface area contributed by atoms with E-state index in [1.807, 2.05) is 0 Å². The maximum atomic E-state index is 13.3. The van der Waals surface area contributed by atoms with Crippen LogP contribution in [-0.2, 0) is 4.79 Å². The second-order valence-corrected chi connectivity index (χ2v) is 3.97. The Morgan fingerprint density at radius 3 is 2.47 bits per heavy atom. The number of para-hydroxylation sites is 1. The van der Waals surface area contributed by atoms with Crippen LogP contribution in [0.4, 0.5) is 15.8 Å². The highest BCUT2D eigenvalue weighted by Gasteiger charge is 2.02. The number of nitrogen functional groups attached to an aromatic ring is 1. The summed E-state index contributed by atoms with van der Waals surface area (Å²) >= 11 is 0. The molecule has 0 heterocycles. The Kier molecular flexibility index (Phi) is 3.93. The molecule has 2 rings (SSSR count). The van der Waals surface area contributed by atoms with E-state index >= 15 is 0 Å². The number of rotatable bonds is 3. The van der Waals surface area contributed by atoms with Crippen LogP contribution in [0, 0.1) is 5.82 Å². The minimum atomic E-state index is -0.461. The lowest BCUT2D eigenvalue weighted by molar-refractivity contribution is -0.111. The zero-order chi connectivity index (χ0) is 13.7. The van der Waals surface area contributed by atoms with Crippen molar-refractivity contribution in [2.24, 2.45) is 0 Å². The lowest BCUT2D eigenvalue weighted by Crippen LogP contribution is -2.08. The molecule has 96 valence electrons. The molecule has 0 radical (unpaired) electrons. The molecule has 0 aromatic heterocycles. The van der Waals surface area contributed by atoms with Gasteiger partial charge in [0.2, 0.25) is 5.91 Å². The van der Waals surface area contributed by atoms with E-state index in [4.69, 9.17) is 5.73 Å². The largest absolute Gasteiger partial charge is 0.399 e. The van der Waals surface area contributed by atoms with E-state index in [1.165, 1.54) is 18.2 Å². The highest BCUT2D eigenvalue weighted by atomic mass is 19.1. The second kappa shape index (κ2) is 5.82. The molecular weight excluding hydrogens is 243 g/mol. The Balaban J connectivity index is 2.02. The number of halogens is 1. The Labute approximate surface area is 110 Å². The van der Waals surface area contributed by atoms with Crippen LogP contribution < -0.4 is 11.1 Å². The normalized spacial score (nSPS) is 10.6. The van der Waals surface area contributed by atoms with Gasteiger partial charge in [-0.15, -0.1) is 0 Å².